The van der Waals surface area contributed by atoms with Gasteiger partial charge in [-0.15, -0.1) is 0 Å². The summed E-state index contributed by atoms with van der Waals surface area (Å²) in [6.07, 6.45) is 6.76. The summed E-state index contributed by atoms with van der Waals surface area (Å²) in [5, 5.41) is 2.79. The highest BCUT2D eigenvalue weighted by atomic mass is 79.9. The molecule has 30 heavy (non-hydrogen) atoms. The van der Waals surface area contributed by atoms with Gasteiger partial charge in [0.05, 0.1) is 4.90 Å². The SMILES string of the molecule is CC(C)C(NS(=O)(=O)c1ccc(Br)cc1)C(=O)NCc1ccc(-n2ccnc2)nc1. The first kappa shape index (κ1) is 22.1. The van der Waals surface area contributed by atoms with Crippen molar-refractivity contribution in [3.05, 3.63) is 71.4 Å². The van der Waals surface area contributed by atoms with Crippen LogP contribution in [0.5, 0.6) is 0 Å². The van der Waals surface area contributed by atoms with Gasteiger partial charge in [0.15, 0.2) is 0 Å². The third-order valence-electron chi connectivity index (χ3n) is 4.40. The molecule has 0 saturated carbocycles. The van der Waals surface area contributed by atoms with E-state index in [1.165, 1.54) is 12.1 Å². The molecular formula is C20H22BrN5O3S. The summed E-state index contributed by atoms with van der Waals surface area (Å²) in [6.45, 7) is 3.81. The van der Waals surface area contributed by atoms with Gasteiger partial charge in [-0.2, -0.15) is 4.72 Å². The molecule has 2 heterocycles. The second kappa shape index (κ2) is 9.50. The van der Waals surface area contributed by atoms with Gasteiger partial charge in [0.1, 0.15) is 18.2 Å². The van der Waals surface area contributed by atoms with Crippen molar-refractivity contribution < 1.29 is 13.2 Å². The van der Waals surface area contributed by atoms with Gasteiger partial charge in [-0.3, -0.25) is 9.36 Å². The summed E-state index contributed by atoms with van der Waals surface area (Å²) in [7, 11) is -3.83. The summed E-state index contributed by atoms with van der Waals surface area (Å²) in [5.74, 6) is 0.0752. The number of imidazole rings is 1. The van der Waals surface area contributed by atoms with Crippen molar-refractivity contribution in [2.75, 3.05) is 0 Å². The second-order valence-electron chi connectivity index (χ2n) is 7.01. The Labute approximate surface area is 183 Å². The monoisotopic (exact) mass is 491 g/mol. The van der Waals surface area contributed by atoms with E-state index in [-0.39, 0.29) is 17.4 Å². The molecule has 158 valence electrons. The molecule has 0 saturated heterocycles. The number of benzene rings is 1. The van der Waals surface area contributed by atoms with E-state index in [1.54, 1.807) is 55.5 Å². The van der Waals surface area contributed by atoms with Crippen LogP contribution in [0.3, 0.4) is 0 Å². The Morgan fingerprint density at radius 1 is 1.17 bits per heavy atom. The number of halogens is 1. The molecule has 0 spiro atoms. The molecular weight excluding hydrogens is 470 g/mol. The lowest BCUT2D eigenvalue weighted by molar-refractivity contribution is -0.123. The van der Waals surface area contributed by atoms with Gasteiger partial charge in [0.25, 0.3) is 0 Å². The van der Waals surface area contributed by atoms with Crippen molar-refractivity contribution in [1.82, 2.24) is 24.6 Å². The van der Waals surface area contributed by atoms with Gasteiger partial charge in [-0.25, -0.2) is 18.4 Å². The lowest BCUT2D eigenvalue weighted by atomic mass is 10.0. The maximum absolute atomic E-state index is 12.7. The zero-order valence-corrected chi connectivity index (χ0v) is 18.9. The van der Waals surface area contributed by atoms with Gasteiger partial charge < -0.3 is 5.32 Å². The number of sulfonamides is 1. The summed E-state index contributed by atoms with van der Waals surface area (Å²) in [5.41, 5.74) is 0.797. The quantitative estimate of drug-likeness (QED) is 0.503. The van der Waals surface area contributed by atoms with E-state index in [9.17, 15) is 13.2 Å². The van der Waals surface area contributed by atoms with Crippen LogP contribution in [0.4, 0.5) is 0 Å². The molecule has 0 aliphatic rings. The van der Waals surface area contributed by atoms with Gasteiger partial charge in [0, 0.05) is 29.6 Å². The van der Waals surface area contributed by atoms with Gasteiger partial charge in [-0.1, -0.05) is 35.8 Å². The fraction of sp³-hybridized carbons (Fsp3) is 0.250. The number of aromatic nitrogens is 3. The number of amides is 1. The van der Waals surface area contributed by atoms with Crippen LogP contribution in [-0.4, -0.2) is 34.9 Å². The molecule has 8 nitrogen and oxygen atoms in total. The number of carbonyl (C=O) groups excluding carboxylic acids is 1. The van der Waals surface area contributed by atoms with E-state index in [0.29, 0.717) is 5.82 Å². The van der Waals surface area contributed by atoms with E-state index in [1.807, 2.05) is 12.1 Å². The zero-order chi connectivity index (χ0) is 21.7. The Balaban J connectivity index is 1.65. The van der Waals surface area contributed by atoms with Gasteiger partial charge >= 0.3 is 0 Å². The largest absolute Gasteiger partial charge is 0.351 e. The normalized spacial score (nSPS) is 12.7. The van der Waals surface area contributed by atoms with E-state index >= 15 is 0 Å². The first-order valence-electron chi connectivity index (χ1n) is 9.25. The fourth-order valence-corrected chi connectivity index (χ4v) is 4.32. The van der Waals surface area contributed by atoms with Crippen molar-refractivity contribution in [3.8, 4) is 5.82 Å². The Kier molecular flexibility index (Phi) is 7.01. The maximum atomic E-state index is 12.7. The molecule has 1 aromatic carbocycles. The topological polar surface area (TPSA) is 106 Å². The molecule has 1 atom stereocenters. The highest BCUT2D eigenvalue weighted by Gasteiger charge is 2.28. The summed E-state index contributed by atoms with van der Waals surface area (Å²) in [6, 6.07) is 9.00. The number of hydrogen-bond donors (Lipinski definition) is 2. The van der Waals surface area contributed by atoms with Crippen LogP contribution in [-0.2, 0) is 21.4 Å². The molecule has 0 bridgehead atoms. The first-order valence-corrected chi connectivity index (χ1v) is 11.5. The number of pyridine rings is 1. The number of hydrogen-bond acceptors (Lipinski definition) is 5. The summed E-state index contributed by atoms with van der Waals surface area (Å²) >= 11 is 3.28. The van der Waals surface area contributed by atoms with Crippen LogP contribution >= 0.6 is 15.9 Å². The average molecular weight is 492 g/mol. The minimum atomic E-state index is -3.83. The summed E-state index contributed by atoms with van der Waals surface area (Å²) < 4.78 is 30.4. The Bertz CT molecular complexity index is 1080. The molecule has 2 aromatic heterocycles. The van der Waals surface area contributed by atoms with E-state index in [4.69, 9.17) is 0 Å². The minimum absolute atomic E-state index is 0.100. The predicted octanol–water partition coefficient (Wildman–Crippen LogP) is 2.65. The number of rotatable bonds is 8. The molecule has 0 aliphatic carbocycles. The predicted molar refractivity (Wildman–Crippen MR) is 116 cm³/mol. The molecule has 3 aromatic rings. The van der Waals surface area contributed by atoms with Crippen LogP contribution < -0.4 is 10.0 Å². The smallest absolute Gasteiger partial charge is 0.241 e. The molecule has 0 fully saturated rings. The van der Waals surface area contributed by atoms with E-state index in [0.717, 1.165) is 10.0 Å². The molecule has 1 amide bonds. The first-order chi connectivity index (χ1) is 14.3. The third kappa shape index (κ3) is 5.53. The van der Waals surface area contributed by atoms with E-state index < -0.39 is 22.0 Å². The second-order valence-corrected chi connectivity index (χ2v) is 9.64. The van der Waals surface area contributed by atoms with Crippen molar-refractivity contribution in [1.29, 1.82) is 0 Å². The molecule has 2 N–H and O–H groups in total. The van der Waals surface area contributed by atoms with Crippen LogP contribution in [0.1, 0.15) is 19.4 Å². The number of nitrogens with one attached hydrogen (secondary N) is 2. The third-order valence-corrected chi connectivity index (χ3v) is 6.39. The van der Waals surface area contributed by atoms with E-state index in [2.05, 4.69) is 35.9 Å². The molecule has 1 unspecified atom stereocenters. The van der Waals surface area contributed by atoms with Crippen LogP contribution in [0, 0.1) is 5.92 Å². The molecule has 0 radical (unpaired) electrons. The minimum Gasteiger partial charge on any atom is -0.351 e. The number of carbonyl (C=O) groups is 1. The van der Waals surface area contributed by atoms with Crippen LogP contribution in [0.25, 0.3) is 5.82 Å². The van der Waals surface area contributed by atoms with Crippen LogP contribution in [0.2, 0.25) is 0 Å². The highest BCUT2D eigenvalue weighted by molar-refractivity contribution is 9.10. The van der Waals surface area contributed by atoms with Crippen molar-refractivity contribution in [3.63, 3.8) is 0 Å². The average Bonchev–Trinajstić information content (AvgIpc) is 3.26. The van der Waals surface area contributed by atoms with Gasteiger partial charge in [0.2, 0.25) is 15.9 Å². The molecule has 0 aliphatic heterocycles. The highest BCUT2D eigenvalue weighted by Crippen LogP contribution is 2.16. The van der Waals surface area contributed by atoms with Crippen molar-refractivity contribution in [2.45, 2.75) is 31.3 Å². The van der Waals surface area contributed by atoms with Crippen LogP contribution in [0.15, 0.2) is 70.7 Å². The maximum Gasteiger partial charge on any atom is 0.241 e. The molecule has 10 heteroatoms. The summed E-state index contributed by atoms with van der Waals surface area (Å²) in [4.78, 5) is 21.1. The van der Waals surface area contributed by atoms with Crippen molar-refractivity contribution >= 4 is 31.9 Å². The standard InChI is InChI=1S/C20H22BrN5O3S/c1-14(2)19(25-30(28,29)17-6-4-16(21)5-7-17)20(27)24-12-15-3-8-18(23-11-15)26-10-9-22-13-26/h3-11,13-14,19,25H,12H2,1-2H3,(H,24,27). The Hall–Kier alpha value is -2.56. The molecule has 3 rings (SSSR count). The van der Waals surface area contributed by atoms with Crippen molar-refractivity contribution in [2.24, 2.45) is 5.92 Å². The zero-order valence-electron chi connectivity index (χ0n) is 16.5. The lowest BCUT2D eigenvalue weighted by Crippen LogP contribution is -2.49. The number of nitrogens with zero attached hydrogens (tertiary/aromatic N) is 3. The fourth-order valence-electron chi connectivity index (χ4n) is 2.71. The lowest BCUT2D eigenvalue weighted by Gasteiger charge is -2.21. The Morgan fingerprint density at radius 2 is 1.90 bits per heavy atom. The van der Waals surface area contributed by atoms with Gasteiger partial charge in [-0.05, 0) is 41.8 Å². The Morgan fingerprint density at radius 3 is 2.47 bits per heavy atom.